The third-order valence-electron chi connectivity index (χ3n) is 5.28. The topological polar surface area (TPSA) is 82.6 Å². The van der Waals surface area contributed by atoms with Crippen molar-refractivity contribution in [2.24, 2.45) is 0 Å². The van der Waals surface area contributed by atoms with E-state index in [1.807, 2.05) is 0 Å². The highest BCUT2D eigenvalue weighted by Gasteiger charge is 2.47. The van der Waals surface area contributed by atoms with Crippen LogP contribution in [0.2, 0.25) is 5.02 Å². The fraction of sp³-hybridized carbons (Fsp3) is 0.364. The van der Waals surface area contributed by atoms with E-state index in [1.165, 1.54) is 30.9 Å². The van der Waals surface area contributed by atoms with Crippen molar-refractivity contribution in [2.45, 2.75) is 45.5 Å². The second kappa shape index (κ2) is 9.57. The molecule has 0 radical (unpaired) electrons. The van der Waals surface area contributed by atoms with E-state index in [9.17, 15) is 31.9 Å². The van der Waals surface area contributed by atoms with Crippen molar-refractivity contribution in [3.05, 3.63) is 52.4 Å². The van der Waals surface area contributed by atoms with Crippen LogP contribution in [0.4, 0.5) is 29.1 Å². The van der Waals surface area contributed by atoms with Crippen LogP contribution in [0.5, 0.6) is 0 Å². The molecular formula is C22H21ClF4N4O3. The third-order valence-corrected chi connectivity index (χ3v) is 5.57. The summed E-state index contributed by atoms with van der Waals surface area (Å²) in [5.74, 6) is -3.02. The number of hydrogen-bond acceptors (Lipinski definition) is 4. The van der Waals surface area contributed by atoms with E-state index in [2.05, 4.69) is 10.3 Å². The minimum absolute atomic E-state index is 0.00975. The number of amides is 3. The number of likely N-dealkylation sites (N-methyl/N-ethyl adjacent to an activating group) is 1. The zero-order valence-electron chi connectivity index (χ0n) is 18.4. The summed E-state index contributed by atoms with van der Waals surface area (Å²) in [6.45, 7) is 4.24. The second-order valence-electron chi connectivity index (χ2n) is 7.75. The predicted molar refractivity (Wildman–Crippen MR) is 117 cm³/mol. The number of nitrogens with one attached hydrogen (secondary N) is 1. The van der Waals surface area contributed by atoms with Crippen LogP contribution < -0.4 is 15.1 Å². The highest BCUT2D eigenvalue weighted by molar-refractivity contribution is 6.31. The lowest BCUT2D eigenvalue weighted by Gasteiger charge is -2.29. The minimum atomic E-state index is -4.71. The molecule has 7 nitrogen and oxygen atoms in total. The number of rotatable bonds is 5. The lowest BCUT2D eigenvalue weighted by molar-refractivity contribution is -0.137. The van der Waals surface area contributed by atoms with Gasteiger partial charge in [-0.15, -0.1) is 0 Å². The van der Waals surface area contributed by atoms with Gasteiger partial charge in [0, 0.05) is 31.3 Å². The average molecular weight is 501 g/mol. The van der Waals surface area contributed by atoms with Gasteiger partial charge in [0.1, 0.15) is 23.7 Å². The van der Waals surface area contributed by atoms with Crippen molar-refractivity contribution in [2.75, 3.05) is 16.3 Å². The Balaban J connectivity index is 2.08. The largest absolute Gasteiger partial charge is 0.416 e. The van der Waals surface area contributed by atoms with Crippen LogP contribution in [0.1, 0.15) is 31.5 Å². The van der Waals surface area contributed by atoms with Gasteiger partial charge in [0.2, 0.25) is 11.8 Å². The van der Waals surface area contributed by atoms with Gasteiger partial charge in [-0.25, -0.2) is 9.37 Å². The molecule has 0 bridgehead atoms. The number of nitrogens with zero attached hydrogens (tertiary/aromatic N) is 3. The Morgan fingerprint density at radius 1 is 1.26 bits per heavy atom. The molecule has 0 aliphatic carbocycles. The highest BCUT2D eigenvalue weighted by Crippen LogP contribution is 2.35. The molecule has 2 atom stereocenters. The molecule has 0 saturated carbocycles. The Labute approximate surface area is 197 Å². The second-order valence-corrected chi connectivity index (χ2v) is 8.15. The fourth-order valence-electron chi connectivity index (χ4n) is 3.84. The maximum Gasteiger partial charge on any atom is 0.416 e. The first-order valence-electron chi connectivity index (χ1n) is 10.3. The molecule has 0 spiro atoms. The maximum absolute atomic E-state index is 13.6. The first kappa shape index (κ1) is 25.4. The van der Waals surface area contributed by atoms with Crippen molar-refractivity contribution >= 4 is 40.8 Å². The molecule has 1 saturated heterocycles. The van der Waals surface area contributed by atoms with E-state index in [-0.39, 0.29) is 35.2 Å². The molecular weight excluding hydrogens is 480 g/mol. The summed E-state index contributed by atoms with van der Waals surface area (Å²) >= 11 is 5.84. The van der Waals surface area contributed by atoms with E-state index in [1.54, 1.807) is 6.92 Å². The summed E-state index contributed by atoms with van der Waals surface area (Å²) in [6, 6.07) is 2.72. The molecule has 3 amide bonds. The predicted octanol–water partition coefficient (Wildman–Crippen LogP) is 3.86. The van der Waals surface area contributed by atoms with Gasteiger partial charge < -0.3 is 10.2 Å². The number of pyridine rings is 1. The smallest absolute Gasteiger partial charge is 0.344 e. The van der Waals surface area contributed by atoms with Gasteiger partial charge in [-0.2, -0.15) is 13.2 Å². The summed E-state index contributed by atoms with van der Waals surface area (Å²) in [5, 5.41) is 2.20. The molecule has 2 heterocycles. The molecule has 1 fully saturated rings. The molecule has 1 aromatic heterocycles. The van der Waals surface area contributed by atoms with Crippen LogP contribution >= 0.6 is 11.6 Å². The number of hydrogen-bond donors (Lipinski definition) is 1. The van der Waals surface area contributed by atoms with Crippen LogP contribution in [0.3, 0.4) is 0 Å². The van der Waals surface area contributed by atoms with E-state index in [0.29, 0.717) is 6.07 Å². The normalized spacial score (nSPS) is 18.2. The first-order valence-corrected chi connectivity index (χ1v) is 10.6. The van der Waals surface area contributed by atoms with Crippen molar-refractivity contribution in [3.63, 3.8) is 0 Å². The Morgan fingerprint density at radius 2 is 1.94 bits per heavy atom. The monoisotopic (exact) mass is 500 g/mol. The highest BCUT2D eigenvalue weighted by atomic mass is 35.5. The first-order chi connectivity index (χ1) is 15.8. The number of halogens is 5. The number of alkyl halides is 3. The van der Waals surface area contributed by atoms with Crippen LogP contribution in [0.15, 0.2) is 30.3 Å². The van der Waals surface area contributed by atoms with Gasteiger partial charge in [0.15, 0.2) is 0 Å². The molecule has 1 aliphatic rings. The van der Waals surface area contributed by atoms with Crippen molar-refractivity contribution < 1.29 is 31.9 Å². The molecule has 34 heavy (non-hydrogen) atoms. The van der Waals surface area contributed by atoms with Crippen LogP contribution in [0.25, 0.3) is 0 Å². The number of carbonyl (C=O) groups is 3. The van der Waals surface area contributed by atoms with Crippen molar-refractivity contribution in [3.8, 4) is 0 Å². The van der Waals surface area contributed by atoms with E-state index in [0.717, 1.165) is 17.0 Å². The zero-order valence-corrected chi connectivity index (χ0v) is 19.2. The zero-order chi connectivity index (χ0) is 25.4. The lowest BCUT2D eigenvalue weighted by Crippen LogP contribution is -2.48. The Kier molecular flexibility index (Phi) is 7.15. The lowest BCUT2D eigenvalue weighted by atomic mass is 10.1. The minimum Gasteiger partial charge on any atom is -0.344 e. The van der Waals surface area contributed by atoms with Gasteiger partial charge in [-0.3, -0.25) is 19.3 Å². The van der Waals surface area contributed by atoms with Crippen LogP contribution in [-0.4, -0.2) is 41.3 Å². The van der Waals surface area contributed by atoms with Crippen molar-refractivity contribution in [1.29, 1.82) is 0 Å². The summed E-state index contributed by atoms with van der Waals surface area (Å²) in [6.07, 6.45) is -4.90. The van der Waals surface area contributed by atoms with Gasteiger partial charge in [-0.1, -0.05) is 11.6 Å². The summed E-state index contributed by atoms with van der Waals surface area (Å²) in [5.41, 5.74) is -0.804. The molecule has 12 heteroatoms. The van der Waals surface area contributed by atoms with Crippen LogP contribution in [0, 0.1) is 12.7 Å². The standard InChI is InChI=1S/C22H21ClF4N4O3/c1-4-30(14-5-6-16(24)15(23)9-14)21(34)18-10-17(29-12(3)32)20(33)31(18)19-8-13(22(25,26)27)7-11(2)28-19/h5-9,17-18H,4,10H2,1-3H3,(H,29,32)/t17-,18-/m0/s1. The molecule has 1 aliphatic heterocycles. The molecule has 2 aromatic rings. The molecule has 3 rings (SSSR count). The summed E-state index contributed by atoms with van der Waals surface area (Å²) < 4.78 is 53.8. The number of aromatic nitrogens is 1. The van der Waals surface area contributed by atoms with Gasteiger partial charge in [0.25, 0.3) is 5.91 Å². The molecule has 1 aromatic carbocycles. The Hall–Kier alpha value is -3.21. The number of carbonyl (C=O) groups excluding carboxylic acids is 3. The fourth-order valence-corrected chi connectivity index (χ4v) is 4.01. The average Bonchev–Trinajstić information content (AvgIpc) is 3.05. The number of anilines is 2. The number of aryl methyl sites for hydroxylation is 1. The summed E-state index contributed by atoms with van der Waals surface area (Å²) in [4.78, 5) is 44.4. The Morgan fingerprint density at radius 3 is 2.50 bits per heavy atom. The van der Waals surface area contributed by atoms with Gasteiger partial charge in [-0.05, 0) is 44.2 Å². The third kappa shape index (κ3) is 5.14. The molecule has 182 valence electrons. The number of benzene rings is 1. The SMILES string of the molecule is CCN(C(=O)[C@@H]1C[C@H](NC(C)=O)C(=O)N1c1cc(C(F)(F)F)cc(C)n1)c1ccc(F)c(Cl)c1. The van der Waals surface area contributed by atoms with E-state index < -0.39 is 47.4 Å². The molecule has 0 unspecified atom stereocenters. The summed E-state index contributed by atoms with van der Waals surface area (Å²) in [7, 11) is 0. The molecule has 1 N–H and O–H groups in total. The van der Waals surface area contributed by atoms with Crippen molar-refractivity contribution in [1.82, 2.24) is 10.3 Å². The van der Waals surface area contributed by atoms with Gasteiger partial charge in [0.05, 0.1) is 10.6 Å². The Bertz CT molecular complexity index is 1140. The maximum atomic E-state index is 13.6. The van der Waals surface area contributed by atoms with E-state index in [4.69, 9.17) is 11.6 Å². The van der Waals surface area contributed by atoms with E-state index >= 15 is 0 Å². The quantitative estimate of drug-likeness (QED) is 0.632. The van der Waals surface area contributed by atoms with Gasteiger partial charge >= 0.3 is 6.18 Å². The van der Waals surface area contributed by atoms with Crippen LogP contribution in [-0.2, 0) is 20.6 Å².